The van der Waals surface area contributed by atoms with E-state index in [-0.39, 0.29) is 18.5 Å². The molecular formula is C12H23FN2O3S. The minimum absolute atomic E-state index is 0.103. The maximum Gasteiger partial charge on any atom is 0.407 e. The minimum Gasteiger partial charge on any atom is -0.598 e. The molecule has 0 saturated carbocycles. The normalized spacial score (nSPS) is 28.0. The Kier molecular flexibility index (Phi) is 5.46. The lowest BCUT2D eigenvalue weighted by atomic mass is 9.89. The van der Waals surface area contributed by atoms with Crippen LogP contribution in [-0.4, -0.2) is 50.7 Å². The van der Waals surface area contributed by atoms with Gasteiger partial charge in [0, 0.05) is 23.8 Å². The van der Waals surface area contributed by atoms with Gasteiger partial charge in [-0.1, -0.05) is 0 Å². The Morgan fingerprint density at radius 2 is 2.16 bits per heavy atom. The van der Waals surface area contributed by atoms with Crippen molar-refractivity contribution in [1.29, 1.82) is 0 Å². The molecule has 4 atom stereocenters. The lowest BCUT2D eigenvalue weighted by Gasteiger charge is -2.37. The molecule has 1 saturated heterocycles. The van der Waals surface area contributed by atoms with Crippen molar-refractivity contribution in [3.63, 3.8) is 0 Å². The molecule has 1 aliphatic heterocycles. The van der Waals surface area contributed by atoms with E-state index < -0.39 is 28.4 Å². The summed E-state index contributed by atoms with van der Waals surface area (Å²) in [6, 6.07) is -0.244. The third-order valence-electron chi connectivity index (χ3n) is 3.35. The van der Waals surface area contributed by atoms with E-state index in [2.05, 4.69) is 4.72 Å². The fourth-order valence-corrected chi connectivity index (χ4v) is 2.96. The van der Waals surface area contributed by atoms with Gasteiger partial charge in [0.15, 0.2) is 0 Å². The molecule has 1 fully saturated rings. The number of nitrogens with one attached hydrogen (secondary N) is 1. The highest BCUT2D eigenvalue weighted by Crippen LogP contribution is 2.25. The van der Waals surface area contributed by atoms with Crippen LogP contribution in [0.15, 0.2) is 0 Å². The predicted octanol–water partition coefficient (Wildman–Crippen LogP) is 1.76. The van der Waals surface area contributed by atoms with Crippen molar-refractivity contribution in [1.82, 2.24) is 9.62 Å². The summed E-state index contributed by atoms with van der Waals surface area (Å²) >= 11 is -1.25. The van der Waals surface area contributed by atoms with Crippen molar-refractivity contribution in [3.8, 4) is 0 Å². The summed E-state index contributed by atoms with van der Waals surface area (Å²) in [5, 5.41) is 8.83. The number of rotatable bonds is 3. The molecule has 1 amide bonds. The van der Waals surface area contributed by atoms with Gasteiger partial charge in [0.1, 0.15) is 10.9 Å². The molecule has 1 heterocycles. The summed E-state index contributed by atoms with van der Waals surface area (Å²) < 4.78 is 28.5. The van der Waals surface area contributed by atoms with E-state index in [1.165, 1.54) is 0 Å². The first kappa shape index (κ1) is 16.5. The highest BCUT2D eigenvalue weighted by Gasteiger charge is 2.38. The lowest BCUT2D eigenvalue weighted by molar-refractivity contribution is 0.0663. The molecule has 0 bridgehead atoms. The highest BCUT2D eigenvalue weighted by atomic mass is 32.2. The van der Waals surface area contributed by atoms with Crippen molar-refractivity contribution in [3.05, 3.63) is 0 Å². The average Bonchev–Trinajstić information content (AvgIpc) is 2.26. The molecule has 0 unspecified atom stereocenters. The third kappa shape index (κ3) is 4.50. The Hall–Kier alpha value is -0.530. The maximum atomic E-state index is 14.0. The Bertz CT molecular complexity index is 325. The number of amides is 1. The smallest absolute Gasteiger partial charge is 0.407 e. The van der Waals surface area contributed by atoms with E-state index in [0.29, 0.717) is 13.0 Å². The number of alkyl halides is 1. The van der Waals surface area contributed by atoms with Gasteiger partial charge in [-0.2, -0.15) is 0 Å². The molecule has 0 aromatic heterocycles. The van der Waals surface area contributed by atoms with E-state index >= 15 is 0 Å². The second-order valence-electron chi connectivity index (χ2n) is 5.98. The van der Waals surface area contributed by atoms with Gasteiger partial charge in [-0.3, -0.25) is 0 Å². The van der Waals surface area contributed by atoms with Crippen LogP contribution in [0.25, 0.3) is 0 Å². The molecule has 19 heavy (non-hydrogen) atoms. The second-order valence-corrected chi connectivity index (χ2v) is 7.98. The van der Waals surface area contributed by atoms with Crippen LogP contribution in [0.3, 0.4) is 0 Å². The molecule has 1 aliphatic rings. The van der Waals surface area contributed by atoms with Crippen molar-refractivity contribution < 1.29 is 18.8 Å². The van der Waals surface area contributed by atoms with Gasteiger partial charge in [-0.05, 0) is 34.1 Å². The van der Waals surface area contributed by atoms with E-state index in [1.54, 1.807) is 6.92 Å². The first-order valence-corrected chi connectivity index (χ1v) is 7.58. The Labute approximate surface area is 116 Å². The third-order valence-corrected chi connectivity index (χ3v) is 5.05. The van der Waals surface area contributed by atoms with Crippen molar-refractivity contribution in [2.75, 3.05) is 13.1 Å². The zero-order valence-electron chi connectivity index (χ0n) is 11.9. The Morgan fingerprint density at radius 3 is 2.58 bits per heavy atom. The number of nitrogens with zero attached hydrogens (tertiary/aromatic N) is 1. The van der Waals surface area contributed by atoms with Gasteiger partial charge in [0.05, 0.1) is 12.6 Å². The molecule has 0 aromatic carbocycles. The standard InChI is InChI=1S/C12H23FN2O3S/c1-8(14-19(18)12(2,3)4)9-5-6-15(11(16)17)7-10(9)13/h8-10,14H,5-7H2,1-4H3,(H,16,17)/t8-,9+,10+,19+/m0/s1. The van der Waals surface area contributed by atoms with Gasteiger partial charge < -0.3 is 14.6 Å². The van der Waals surface area contributed by atoms with Crippen LogP contribution >= 0.6 is 0 Å². The van der Waals surface area contributed by atoms with Crippen molar-refractivity contribution >= 4 is 17.5 Å². The average molecular weight is 294 g/mol. The van der Waals surface area contributed by atoms with E-state index in [0.717, 1.165) is 4.90 Å². The van der Waals surface area contributed by atoms with Crippen LogP contribution in [0.4, 0.5) is 9.18 Å². The molecule has 0 aromatic rings. The summed E-state index contributed by atoms with van der Waals surface area (Å²) in [6.07, 6.45) is -1.85. The monoisotopic (exact) mass is 294 g/mol. The quantitative estimate of drug-likeness (QED) is 0.778. The van der Waals surface area contributed by atoms with Crippen molar-refractivity contribution in [2.24, 2.45) is 5.92 Å². The Morgan fingerprint density at radius 1 is 1.58 bits per heavy atom. The topological polar surface area (TPSA) is 75.6 Å². The van der Waals surface area contributed by atoms with Gasteiger partial charge in [-0.15, -0.1) is 4.72 Å². The van der Waals surface area contributed by atoms with Crippen LogP contribution in [-0.2, 0) is 11.4 Å². The summed E-state index contributed by atoms with van der Waals surface area (Å²) in [7, 11) is 0. The fourth-order valence-electron chi connectivity index (χ4n) is 2.09. The Balaban J connectivity index is 2.55. The maximum absolute atomic E-state index is 14.0. The number of hydrogen-bond acceptors (Lipinski definition) is 3. The number of halogens is 1. The van der Waals surface area contributed by atoms with Crippen LogP contribution in [0, 0.1) is 5.92 Å². The van der Waals surface area contributed by atoms with Crippen LogP contribution < -0.4 is 4.72 Å². The molecule has 0 radical (unpaired) electrons. The molecule has 0 aliphatic carbocycles. The van der Waals surface area contributed by atoms with Crippen LogP contribution in [0.1, 0.15) is 34.1 Å². The number of hydrogen-bond donors (Lipinski definition) is 2. The predicted molar refractivity (Wildman–Crippen MR) is 73.1 cm³/mol. The number of likely N-dealkylation sites (tertiary alicyclic amines) is 1. The largest absolute Gasteiger partial charge is 0.598 e. The fraction of sp³-hybridized carbons (Fsp3) is 0.917. The highest BCUT2D eigenvalue weighted by molar-refractivity contribution is 7.90. The lowest BCUT2D eigenvalue weighted by Crippen LogP contribution is -2.53. The first-order valence-electron chi connectivity index (χ1n) is 6.43. The summed E-state index contributed by atoms with van der Waals surface area (Å²) in [5.41, 5.74) is 0. The number of carbonyl (C=O) groups is 1. The van der Waals surface area contributed by atoms with Crippen LogP contribution in [0.2, 0.25) is 0 Å². The van der Waals surface area contributed by atoms with Crippen LogP contribution in [0.5, 0.6) is 0 Å². The second kappa shape index (κ2) is 6.28. The molecule has 2 N–H and O–H groups in total. The van der Waals surface area contributed by atoms with Gasteiger partial charge in [0.2, 0.25) is 0 Å². The zero-order chi connectivity index (χ0) is 14.8. The van der Waals surface area contributed by atoms with E-state index in [9.17, 15) is 13.7 Å². The number of carboxylic acid groups (broad SMARTS) is 1. The minimum atomic E-state index is -1.25. The molecule has 1 rings (SSSR count). The van der Waals surface area contributed by atoms with E-state index in [4.69, 9.17) is 5.11 Å². The molecule has 5 nitrogen and oxygen atoms in total. The first-order chi connectivity index (χ1) is 8.62. The van der Waals surface area contributed by atoms with E-state index in [1.807, 2.05) is 20.8 Å². The summed E-state index contributed by atoms with van der Waals surface area (Å²) in [5.74, 6) is -0.304. The SMILES string of the molecule is C[C@H](N[S@+]([O-])C(C)(C)C)[C@H]1CCN(C(=O)O)C[C@H]1F. The van der Waals surface area contributed by atoms with Crippen molar-refractivity contribution in [2.45, 2.75) is 51.1 Å². The summed E-state index contributed by atoms with van der Waals surface area (Å²) in [4.78, 5) is 11.9. The number of piperidine rings is 1. The van der Waals surface area contributed by atoms with Gasteiger partial charge >= 0.3 is 6.09 Å². The summed E-state index contributed by atoms with van der Waals surface area (Å²) in [6.45, 7) is 7.58. The van der Waals surface area contributed by atoms with Gasteiger partial charge in [-0.25, -0.2) is 9.18 Å². The molecular weight excluding hydrogens is 271 g/mol. The molecule has 7 heteroatoms. The van der Waals surface area contributed by atoms with Gasteiger partial charge in [0.25, 0.3) is 0 Å². The molecule has 112 valence electrons. The zero-order valence-corrected chi connectivity index (χ0v) is 12.7. The molecule has 0 spiro atoms.